The lowest BCUT2D eigenvalue weighted by Crippen LogP contribution is -2.09. The summed E-state index contributed by atoms with van der Waals surface area (Å²) in [5, 5.41) is 4.91. The van der Waals surface area contributed by atoms with Crippen LogP contribution in [0.2, 0.25) is 5.15 Å². The van der Waals surface area contributed by atoms with Crippen LogP contribution in [-0.4, -0.2) is 15.0 Å². The molecular formula is C13H15ClN4S. The Hall–Kier alpha value is -1.20. The van der Waals surface area contributed by atoms with E-state index in [0.717, 1.165) is 16.6 Å². The molecule has 0 spiro atoms. The van der Waals surface area contributed by atoms with Crippen LogP contribution in [0.4, 0.5) is 5.82 Å². The molecule has 1 saturated carbocycles. The standard InChI is InChI=1S/C13H15ClN4S/c1-7-6-15-13(19-7)8(2)16-11-5-10(14)17-12(18-11)9-3-4-9/h5-6,8-9H,3-4H2,1-2H3,(H,16,17,18). The van der Waals surface area contributed by atoms with Gasteiger partial charge >= 0.3 is 0 Å². The number of nitrogens with one attached hydrogen (secondary N) is 1. The molecule has 0 amide bonds. The molecule has 3 rings (SSSR count). The second-order valence-electron chi connectivity index (χ2n) is 4.88. The van der Waals surface area contributed by atoms with Crippen molar-refractivity contribution in [2.24, 2.45) is 0 Å². The van der Waals surface area contributed by atoms with E-state index < -0.39 is 0 Å². The molecule has 0 saturated heterocycles. The fourth-order valence-corrected chi connectivity index (χ4v) is 2.86. The molecular weight excluding hydrogens is 280 g/mol. The lowest BCUT2D eigenvalue weighted by Gasteiger charge is -2.12. The first-order valence-corrected chi connectivity index (χ1v) is 7.54. The molecule has 1 fully saturated rings. The normalized spacial score (nSPS) is 16.4. The Morgan fingerprint density at radius 1 is 1.42 bits per heavy atom. The van der Waals surface area contributed by atoms with E-state index in [4.69, 9.17) is 11.6 Å². The Bertz CT molecular complexity index is 594. The van der Waals surface area contributed by atoms with Crippen molar-refractivity contribution in [2.75, 3.05) is 5.32 Å². The monoisotopic (exact) mass is 294 g/mol. The summed E-state index contributed by atoms with van der Waals surface area (Å²) in [7, 11) is 0. The van der Waals surface area contributed by atoms with E-state index in [-0.39, 0.29) is 6.04 Å². The summed E-state index contributed by atoms with van der Waals surface area (Å²) in [5.74, 6) is 2.14. The van der Waals surface area contributed by atoms with Gasteiger partial charge in [-0.3, -0.25) is 0 Å². The number of nitrogens with zero attached hydrogens (tertiary/aromatic N) is 3. The van der Waals surface area contributed by atoms with E-state index in [1.165, 1.54) is 17.7 Å². The fourth-order valence-electron chi connectivity index (χ4n) is 1.89. The molecule has 0 aliphatic heterocycles. The van der Waals surface area contributed by atoms with Gasteiger partial charge in [-0.25, -0.2) is 15.0 Å². The van der Waals surface area contributed by atoms with Gasteiger partial charge in [0.2, 0.25) is 0 Å². The second-order valence-corrected chi connectivity index (χ2v) is 6.54. The molecule has 6 heteroatoms. The van der Waals surface area contributed by atoms with E-state index in [9.17, 15) is 0 Å². The highest BCUT2D eigenvalue weighted by Gasteiger charge is 2.27. The van der Waals surface area contributed by atoms with Crippen molar-refractivity contribution in [1.82, 2.24) is 15.0 Å². The van der Waals surface area contributed by atoms with Crippen molar-refractivity contribution in [1.29, 1.82) is 0 Å². The highest BCUT2D eigenvalue weighted by atomic mass is 35.5. The van der Waals surface area contributed by atoms with E-state index >= 15 is 0 Å². The maximum absolute atomic E-state index is 6.05. The number of hydrogen-bond donors (Lipinski definition) is 1. The van der Waals surface area contributed by atoms with Crippen LogP contribution in [0.15, 0.2) is 12.3 Å². The van der Waals surface area contributed by atoms with Gasteiger partial charge in [-0.05, 0) is 26.7 Å². The molecule has 100 valence electrons. The van der Waals surface area contributed by atoms with Gasteiger partial charge in [0.15, 0.2) is 0 Å². The van der Waals surface area contributed by atoms with Gasteiger partial charge < -0.3 is 5.32 Å². The van der Waals surface area contributed by atoms with Crippen LogP contribution in [0.3, 0.4) is 0 Å². The van der Waals surface area contributed by atoms with Crippen LogP contribution < -0.4 is 5.32 Å². The summed E-state index contributed by atoms with van der Waals surface area (Å²) in [4.78, 5) is 14.4. The largest absolute Gasteiger partial charge is 0.361 e. The van der Waals surface area contributed by atoms with E-state index in [2.05, 4.69) is 34.1 Å². The first-order chi connectivity index (χ1) is 9.11. The van der Waals surface area contributed by atoms with Gasteiger partial charge in [0, 0.05) is 23.1 Å². The average Bonchev–Trinajstić information content (AvgIpc) is 3.11. The van der Waals surface area contributed by atoms with Gasteiger partial charge in [0.25, 0.3) is 0 Å². The molecule has 1 N–H and O–H groups in total. The Morgan fingerprint density at radius 2 is 2.21 bits per heavy atom. The first kappa shape index (κ1) is 12.8. The van der Waals surface area contributed by atoms with E-state index in [1.54, 1.807) is 17.4 Å². The van der Waals surface area contributed by atoms with Crippen molar-refractivity contribution in [3.05, 3.63) is 33.1 Å². The molecule has 4 nitrogen and oxygen atoms in total. The summed E-state index contributed by atoms with van der Waals surface area (Å²) >= 11 is 7.74. The molecule has 19 heavy (non-hydrogen) atoms. The smallest absolute Gasteiger partial charge is 0.135 e. The lowest BCUT2D eigenvalue weighted by atomic mass is 10.3. The van der Waals surface area contributed by atoms with Crippen molar-refractivity contribution in [2.45, 2.75) is 38.6 Å². The van der Waals surface area contributed by atoms with Crippen molar-refractivity contribution >= 4 is 28.8 Å². The van der Waals surface area contributed by atoms with Crippen LogP contribution in [-0.2, 0) is 0 Å². The van der Waals surface area contributed by atoms with Crippen LogP contribution in [0.5, 0.6) is 0 Å². The predicted octanol–water partition coefficient (Wildman–Crippen LogP) is 3.95. The number of rotatable bonds is 4. The first-order valence-electron chi connectivity index (χ1n) is 6.35. The molecule has 0 radical (unpaired) electrons. The van der Waals surface area contributed by atoms with Gasteiger partial charge in [-0.1, -0.05) is 11.6 Å². The minimum absolute atomic E-state index is 0.122. The maximum Gasteiger partial charge on any atom is 0.135 e. The quantitative estimate of drug-likeness (QED) is 0.868. The Labute approximate surface area is 121 Å². The molecule has 1 unspecified atom stereocenters. The van der Waals surface area contributed by atoms with Gasteiger partial charge in [0.1, 0.15) is 21.8 Å². The Morgan fingerprint density at radius 3 is 2.84 bits per heavy atom. The molecule has 2 aromatic heterocycles. The van der Waals surface area contributed by atoms with Crippen LogP contribution in [0.25, 0.3) is 0 Å². The minimum Gasteiger partial charge on any atom is -0.361 e. The zero-order chi connectivity index (χ0) is 13.4. The molecule has 0 bridgehead atoms. The summed E-state index contributed by atoms with van der Waals surface area (Å²) in [6.45, 7) is 4.13. The third-order valence-electron chi connectivity index (χ3n) is 3.03. The zero-order valence-electron chi connectivity index (χ0n) is 10.9. The molecule has 1 aliphatic carbocycles. The number of thiazole rings is 1. The number of hydrogen-bond acceptors (Lipinski definition) is 5. The van der Waals surface area contributed by atoms with Crippen molar-refractivity contribution in [3.63, 3.8) is 0 Å². The Balaban J connectivity index is 1.78. The molecule has 1 atom stereocenters. The summed E-state index contributed by atoms with van der Waals surface area (Å²) in [6, 6.07) is 1.89. The zero-order valence-corrected chi connectivity index (χ0v) is 12.4. The van der Waals surface area contributed by atoms with Crippen molar-refractivity contribution < 1.29 is 0 Å². The number of halogens is 1. The fraction of sp³-hybridized carbons (Fsp3) is 0.462. The minimum atomic E-state index is 0.122. The summed E-state index contributed by atoms with van der Waals surface area (Å²) in [6.07, 6.45) is 4.22. The van der Waals surface area contributed by atoms with Gasteiger partial charge in [-0.2, -0.15) is 0 Å². The molecule has 1 aliphatic rings. The summed E-state index contributed by atoms with van der Waals surface area (Å²) < 4.78 is 0. The van der Waals surface area contributed by atoms with Crippen molar-refractivity contribution in [3.8, 4) is 0 Å². The predicted molar refractivity (Wildman–Crippen MR) is 77.9 cm³/mol. The van der Waals surface area contributed by atoms with Crippen LogP contribution >= 0.6 is 22.9 Å². The Kier molecular flexibility index (Phi) is 3.41. The topological polar surface area (TPSA) is 50.7 Å². The van der Waals surface area contributed by atoms with Crippen LogP contribution in [0, 0.1) is 6.92 Å². The third-order valence-corrected chi connectivity index (χ3v) is 4.32. The number of anilines is 1. The third kappa shape index (κ3) is 3.04. The van der Waals surface area contributed by atoms with Crippen LogP contribution in [0.1, 0.15) is 47.4 Å². The maximum atomic E-state index is 6.05. The highest BCUT2D eigenvalue weighted by molar-refractivity contribution is 7.11. The van der Waals surface area contributed by atoms with Gasteiger partial charge in [0.05, 0.1) is 6.04 Å². The highest BCUT2D eigenvalue weighted by Crippen LogP contribution is 2.39. The molecule has 2 aromatic rings. The summed E-state index contributed by atoms with van der Waals surface area (Å²) in [5.41, 5.74) is 0. The van der Waals surface area contributed by atoms with E-state index in [0.29, 0.717) is 11.1 Å². The number of aromatic nitrogens is 3. The van der Waals surface area contributed by atoms with Gasteiger partial charge in [-0.15, -0.1) is 11.3 Å². The SMILES string of the molecule is Cc1cnc(C(C)Nc2cc(Cl)nc(C3CC3)n2)s1. The number of aryl methyl sites for hydroxylation is 1. The van der Waals surface area contributed by atoms with E-state index in [1.807, 2.05) is 6.20 Å². The second kappa shape index (κ2) is 5.06. The lowest BCUT2D eigenvalue weighted by molar-refractivity contribution is 0.844. The molecule has 2 heterocycles. The molecule has 0 aromatic carbocycles. The average molecular weight is 295 g/mol.